The summed E-state index contributed by atoms with van der Waals surface area (Å²) in [6, 6.07) is 10.3. The van der Waals surface area contributed by atoms with Crippen LogP contribution in [0.5, 0.6) is 0 Å². The number of hydrogen-bond donors (Lipinski definition) is 2. The quantitative estimate of drug-likeness (QED) is 0.307. The molecule has 0 fully saturated rings. The van der Waals surface area contributed by atoms with Crippen LogP contribution in [0.3, 0.4) is 0 Å². The van der Waals surface area contributed by atoms with Gasteiger partial charge in [0, 0.05) is 12.1 Å². The number of nitrogens with zero attached hydrogens (tertiary/aromatic N) is 2. The summed E-state index contributed by atoms with van der Waals surface area (Å²) in [6.07, 6.45) is 1.76. The zero-order valence-corrected chi connectivity index (χ0v) is 18.0. The van der Waals surface area contributed by atoms with E-state index in [0.29, 0.717) is 19.0 Å². The summed E-state index contributed by atoms with van der Waals surface area (Å²) in [6.45, 7) is 6.05. The number of aryl methyl sites for hydroxylation is 1. The molecule has 5 nitrogen and oxygen atoms in total. The summed E-state index contributed by atoms with van der Waals surface area (Å²) in [5, 5.41) is 10.7. The Bertz CT molecular complexity index is 812. The number of halogens is 1. The van der Waals surface area contributed by atoms with Gasteiger partial charge in [-0.2, -0.15) is 11.3 Å². The Morgan fingerprint density at radius 3 is 2.69 bits per heavy atom. The van der Waals surface area contributed by atoms with Crippen LogP contribution in [0.4, 0.5) is 0 Å². The number of guanidine groups is 1. The number of hydrogen-bond acceptors (Lipinski definition) is 4. The van der Waals surface area contributed by atoms with E-state index in [-0.39, 0.29) is 24.0 Å². The minimum Gasteiger partial charge on any atom is -0.439 e. The summed E-state index contributed by atoms with van der Waals surface area (Å²) in [4.78, 5) is 8.92. The van der Waals surface area contributed by atoms with Gasteiger partial charge in [-0.3, -0.25) is 0 Å². The number of nitrogens with one attached hydrogen (secondary N) is 2. The van der Waals surface area contributed by atoms with Crippen LogP contribution in [0.25, 0.3) is 11.3 Å². The third kappa shape index (κ3) is 5.84. The van der Waals surface area contributed by atoms with E-state index in [9.17, 15) is 0 Å². The predicted octanol–water partition coefficient (Wildman–Crippen LogP) is 4.58. The molecule has 138 valence electrons. The Hall–Kier alpha value is -1.87. The standard InChI is InChI=1S/C19H22N4OS.HI/c1-3-20-19(22-10-15-8-9-25-13-15)23-12-18-21-11-17(24-18)16-6-4-14(2)5-7-16;/h4-9,11,13H,3,10,12H2,1-2H3,(H2,20,22,23);1H. The fraction of sp³-hybridized carbons (Fsp3) is 0.263. The Morgan fingerprint density at radius 2 is 2.00 bits per heavy atom. The Labute approximate surface area is 175 Å². The molecule has 0 atom stereocenters. The second-order valence-electron chi connectivity index (χ2n) is 5.66. The molecule has 0 saturated heterocycles. The number of benzene rings is 1. The van der Waals surface area contributed by atoms with Gasteiger partial charge in [0.2, 0.25) is 5.89 Å². The zero-order chi connectivity index (χ0) is 17.5. The molecule has 2 aromatic heterocycles. The molecule has 0 bridgehead atoms. The summed E-state index contributed by atoms with van der Waals surface area (Å²) >= 11 is 1.68. The maximum absolute atomic E-state index is 5.83. The monoisotopic (exact) mass is 482 g/mol. The number of rotatable bonds is 6. The summed E-state index contributed by atoms with van der Waals surface area (Å²) < 4.78 is 5.83. The molecule has 0 spiro atoms. The van der Waals surface area contributed by atoms with Crippen LogP contribution < -0.4 is 10.6 Å². The molecular weight excluding hydrogens is 459 g/mol. The van der Waals surface area contributed by atoms with Gasteiger partial charge in [0.1, 0.15) is 0 Å². The largest absolute Gasteiger partial charge is 0.439 e. The smallest absolute Gasteiger partial charge is 0.214 e. The van der Waals surface area contributed by atoms with Crippen LogP contribution in [0.2, 0.25) is 0 Å². The topological polar surface area (TPSA) is 62.5 Å². The lowest BCUT2D eigenvalue weighted by Gasteiger charge is -2.09. The normalized spacial score (nSPS) is 11.1. The van der Waals surface area contributed by atoms with E-state index < -0.39 is 0 Å². The fourth-order valence-corrected chi connectivity index (χ4v) is 2.96. The highest BCUT2D eigenvalue weighted by atomic mass is 127. The molecule has 0 unspecified atom stereocenters. The summed E-state index contributed by atoms with van der Waals surface area (Å²) in [7, 11) is 0. The Morgan fingerprint density at radius 1 is 1.19 bits per heavy atom. The van der Waals surface area contributed by atoms with Crippen molar-refractivity contribution in [2.75, 3.05) is 6.54 Å². The minimum absolute atomic E-state index is 0. The maximum atomic E-state index is 5.83. The van der Waals surface area contributed by atoms with Gasteiger partial charge in [-0.25, -0.2) is 9.98 Å². The van der Waals surface area contributed by atoms with E-state index >= 15 is 0 Å². The van der Waals surface area contributed by atoms with Crippen molar-refractivity contribution in [3.63, 3.8) is 0 Å². The predicted molar refractivity (Wildman–Crippen MR) is 118 cm³/mol. The third-order valence-corrected chi connectivity index (χ3v) is 4.37. The van der Waals surface area contributed by atoms with Crippen molar-refractivity contribution in [1.82, 2.24) is 15.6 Å². The first-order valence-electron chi connectivity index (χ1n) is 8.29. The summed E-state index contributed by atoms with van der Waals surface area (Å²) in [5.41, 5.74) is 3.46. The molecule has 2 N–H and O–H groups in total. The van der Waals surface area contributed by atoms with Crippen molar-refractivity contribution in [1.29, 1.82) is 0 Å². The SMILES string of the molecule is CCNC(=NCc1ccsc1)NCc1ncc(-c2ccc(C)cc2)o1.I. The Kier molecular flexibility index (Phi) is 8.11. The van der Waals surface area contributed by atoms with Crippen LogP contribution >= 0.6 is 35.3 Å². The average molecular weight is 482 g/mol. The molecule has 0 aliphatic carbocycles. The first-order chi connectivity index (χ1) is 12.2. The molecule has 1 aromatic carbocycles. The van der Waals surface area contributed by atoms with Gasteiger partial charge >= 0.3 is 0 Å². The van der Waals surface area contributed by atoms with Gasteiger partial charge in [0.05, 0.1) is 19.3 Å². The van der Waals surface area contributed by atoms with E-state index in [1.54, 1.807) is 17.5 Å². The first-order valence-corrected chi connectivity index (χ1v) is 9.24. The molecule has 0 aliphatic rings. The number of thiophene rings is 1. The van der Waals surface area contributed by atoms with Crippen LogP contribution in [0.1, 0.15) is 23.9 Å². The Balaban J connectivity index is 0.00000243. The highest BCUT2D eigenvalue weighted by molar-refractivity contribution is 14.0. The lowest BCUT2D eigenvalue weighted by atomic mass is 10.1. The zero-order valence-electron chi connectivity index (χ0n) is 14.9. The van der Waals surface area contributed by atoms with E-state index in [2.05, 4.69) is 56.5 Å². The van der Waals surface area contributed by atoms with Crippen molar-refractivity contribution in [2.45, 2.75) is 26.9 Å². The molecule has 3 rings (SSSR count). The van der Waals surface area contributed by atoms with Crippen LogP contribution in [-0.2, 0) is 13.1 Å². The number of aliphatic imine (C=N–C) groups is 1. The van der Waals surface area contributed by atoms with E-state index in [1.165, 1.54) is 11.1 Å². The highest BCUT2D eigenvalue weighted by Crippen LogP contribution is 2.20. The van der Waals surface area contributed by atoms with Crippen molar-refractivity contribution in [3.8, 4) is 11.3 Å². The van der Waals surface area contributed by atoms with Gasteiger partial charge in [0.15, 0.2) is 11.7 Å². The number of aromatic nitrogens is 1. The number of oxazole rings is 1. The maximum Gasteiger partial charge on any atom is 0.214 e. The highest BCUT2D eigenvalue weighted by Gasteiger charge is 2.07. The van der Waals surface area contributed by atoms with Gasteiger partial charge < -0.3 is 15.1 Å². The fourth-order valence-electron chi connectivity index (χ4n) is 2.30. The van der Waals surface area contributed by atoms with Crippen LogP contribution in [0, 0.1) is 6.92 Å². The molecule has 0 radical (unpaired) electrons. The van der Waals surface area contributed by atoms with Crippen molar-refractivity contribution >= 4 is 41.3 Å². The first kappa shape index (κ1) is 20.4. The summed E-state index contributed by atoms with van der Waals surface area (Å²) in [5.74, 6) is 2.16. The lowest BCUT2D eigenvalue weighted by molar-refractivity contribution is 0.497. The average Bonchev–Trinajstić information content (AvgIpc) is 3.30. The lowest BCUT2D eigenvalue weighted by Crippen LogP contribution is -2.36. The second kappa shape index (κ2) is 10.3. The second-order valence-corrected chi connectivity index (χ2v) is 6.44. The van der Waals surface area contributed by atoms with Crippen molar-refractivity contribution in [3.05, 3.63) is 64.3 Å². The molecule has 0 amide bonds. The van der Waals surface area contributed by atoms with Gasteiger partial charge in [0.25, 0.3) is 0 Å². The molecular formula is C19H23IN4OS. The van der Waals surface area contributed by atoms with E-state index in [0.717, 1.165) is 23.8 Å². The third-order valence-electron chi connectivity index (χ3n) is 3.64. The van der Waals surface area contributed by atoms with E-state index in [1.807, 2.05) is 19.1 Å². The van der Waals surface area contributed by atoms with Crippen molar-refractivity contribution in [2.24, 2.45) is 4.99 Å². The molecule has 0 saturated carbocycles. The molecule has 3 aromatic rings. The van der Waals surface area contributed by atoms with Crippen LogP contribution in [-0.4, -0.2) is 17.5 Å². The molecule has 2 heterocycles. The van der Waals surface area contributed by atoms with Crippen LogP contribution in [0.15, 0.2) is 56.7 Å². The van der Waals surface area contributed by atoms with Crippen molar-refractivity contribution < 1.29 is 4.42 Å². The molecule has 0 aliphatic heterocycles. The molecule has 7 heteroatoms. The molecule has 26 heavy (non-hydrogen) atoms. The minimum atomic E-state index is 0. The van der Waals surface area contributed by atoms with Gasteiger partial charge in [-0.05, 0) is 36.2 Å². The van der Waals surface area contributed by atoms with Gasteiger partial charge in [-0.15, -0.1) is 24.0 Å². The van der Waals surface area contributed by atoms with E-state index in [4.69, 9.17) is 4.42 Å². The van der Waals surface area contributed by atoms with Gasteiger partial charge in [-0.1, -0.05) is 29.8 Å².